The van der Waals surface area contributed by atoms with E-state index in [-0.39, 0.29) is 0 Å². The summed E-state index contributed by atoms with van der Waals surface area (Å²) in [6.45, 7) is 1.98. The first-order valence-corrected chi connectivity index (χ1v) is 8.26. The second-order valence-electron chi connectivity index (χ2n) is 4.46. The van der Waals surface area contributed by atoms with Gasteiger partial charge in [0.1, 0.15) is 0 Å². The lowest BCUT2D eigenvalue weighted by Gasteiger charge is -2.13. The van der Waals surface area contributed by atoms with E-state index in [1.807, 2.05) is 73.7 Å². The van der Waals surface area contributed by atoms with Crippen molar-refractivity contribution >= 4 is 15.3 Å². The standard InChI is InChI=1S/C17H19NOS/c1-3-15(16-10-6-4-7-11-16)14-20(19,18-2)17-12-8-5-9-13-17/h3-13H,14H2,1-2H3/b15-3-/t20-/m0/s1. The third-order valence-electron chi connectivity index (χ3n) is 3.25. The molecule has 0 aromatic heterocycles. The molecule has 0 unspecified atom stereocenters. The van der Waals surface area contributed by atoms with Gasteiger partial charge in [-0.1, -0.05) is 54.6 Å². The Balaban J connectivity index is 2.39. The van der Waals surface area contributed by atoms with Crippen LogP contribution in [0, 0.1) is 0 Å². The molecule has 0 heterocycles. The van der Waals surface area contributed by atoms with Gasteiger partial charge in [0.05, 0.1) is 15.5 Å². The lowest BCUT2D eigenvalue weighted by Crippen LogP contribution is -2.08. The lowest BCUT2D eigenvalue weighted by atomic mass is 10.1. The minimum atomic E-state index is -2.41. The predicted octanol–water partition coefficient (Wildman–Crippen LogP) is 4.25. The molecular formula is C17H19NOS. The van der Waals surface area contributed by atoms with Crippen LogP contribution in [0.3, 0.4) is 0 Å². The number of hydrogen-bond acceptors (Lipinski definition) is 2. The molecule has 0 spiro atoms. The Morgan fingerprint density at radius 3 is 2.10 bits per heavy atom. The Labute approximate surface area is 121 Å². The fourth-order valence-corrected chi connectivity index (χ4v) is 3.93. The first kappa shape index (κ1) is 14.5. The zero-order valence-electron chi connectivity index (χ0n) is 11.8. The molecule has 2 nitrogen and oxygen atoms in total. The van der Waals surface area contributed by atoms with Gasteiger partial charge < -0.3 is 0 Å². The van der Waals surface area contributed by atoms with Gasteiger partial charge in [-0.15, -0.1) is 0 Å². The summed E-state index contributed by atoms with van der Waals surface area (Å²) in [6.07, 6.45) is 2.02. The van der Waals surface area contributed by atoms with Gasteiger partial charge in [0.25, 0.3) is 0 Å². The number of rotatable bonds is 4. The maximum Gasteiger partial charge on any atom is 0.0791 e. The number of hydrogen-bond donors (Lipinski definition) is 0. The Hall–Kier alpha value is -1.87. The highest BCUT2D eigenvalue weighted by atomic mass is 32.2. The minimum absolute atomic E-state index is 0.439. The first-order chi connectivity index (χ1) is 9.69. The van der Waals surface area contributed by atoms with E-state index in [1.54, 1.807) is 7.05 Å². The summed E-state index contributed by atoms with van der Waals surface area (Å²) in [4.78, 5) is 0.790. The Morgan fingerprint density at radius 2 is 1.60 bits per heavy atom. The maximum absolute atomic E-state index is 13.1. The van der Waals surface area contributed by atoms with Gasteiger partial charge in [0.2, 0.25) is 0 Å². The van der Waals surface area contributed by atoms with Crippen molar-refractivity contribution in [1.29, 1.82) is 0 Å². The number of nitrogens with zero attached hydrogens (tertiary/aromatic N) is 1. The monoisotopic (exact) mass is 285 g/mol. The van der Waals surface area contributed by atoms with Crippen LogP contribution in [0.25, 0.3) is 5.57 Å². The molecule has 0 saturated carbocycles. The zero-order chi connectivity index (χ0) is 14.4. The average molecular weight is 285 g/mol. The highest BCUT2D eigenvalue weighted by Crippen LogP contribution is 2.22. The Morgan fingerprint density at radius 1 is 1.05 bits per heavy atom. The molecule has 0 saturated heterocycles. The first-order valence-electron chi connectivity index (χ1n) is 6.58. The van der Waals surface area contributed by atoms with Crippen molar-refractivity contribution in [2.75, 3.05) is 12.8 Å². The van der Waals surface area contributed by atoms with Crippen LogP contribution in [-0.4, -0.2) is 17.0 Å². The van der Waals surface area contributed by atoms with Crippen molar-refractivity contribution in [2.45, 2.75) is 11.8 Å². The molecule has 2 rings (SSSR count). The quantitative estimate of drug-likeness (QED) is 0.826. The highest BCUT2D eigenvalue weighted by Gasteiger charge is 2.14. The fourth-order valence-electron chi connectivity index (χ4n) is 2.08. The highest BCUT2D eigenvalue weighted by molar-refractivity contribution is 7.94. The zero-order valence-corrected chi connectivity index (χ0v) is 12.6. The summed E-state index contributed by atoms with van der Waals surface area (Å²) in [7, 11) is -0.776. The molecule has 0 aliphatic rings. The van der Waals surface area contributed by atoms with Gasteiger partial charge in [-0.25, -0.2) is 8.57 Å². The summed E-state index contributed by atoms with van der Waals surface area (Å²) in [6, 6.07) is 19.5. The van der Waals surface area contributed by atoms with Crippen LogP contribution < -0.4 is 0 Å². The maximum atomic E-state index is 13.1. The molecule has 0 fully saturated rings. The van der Waals surface area contributed by atoms with Crippen molar-refractivity contribution in [3.63, 3.8) is 0 Å². The molecule has 0 bridgehead atoms. The molecular weight excluding hydrogens is 266 g/mol. The van der Waals surface area contributed by atoms with E-state index in [9.17, 15) is 4.21 Å². The smallest absolute Gasteiger partial charge is 0.0791 e. The van der Waals surface area contributed by atoms with Crippen molar-refractivity contribution in [3.05, 3.63) is 72.3 Å². The minimum Gasteiger partial charge on any atom is -0.244 e. The van der Waals surface area contributed by atoms with Gasteiger partial charge >= 0.3 is 0 Å². The molecule has 104 valence electrons. The third-order valence-corrected chi connectivity index (χ3v) is 5.55. The van der Waals surface area contributed by atoms with Gasteiger partial charge in [-0.3, -0.25) is 0 Å². The molecule has 1 atom stereocenters. The van der Waals surface area contributed by atoms with E-state index in [1.165, 1.54) is 0 Å². The van der Waals surface area contributed by atoms with E-state index in [0.29, 0.717) is 5.75 Å². The van der Waals surface area contributed by atoms with Crippen molar-refractivity contribution in [2.24, 2.45) is 4.36 Å². The van der Waals surface area contributed by atoms with Crippen LogP contribution in [0.15, 0.2) is 76.0 Å². The van der Waals surface area contributed by atoms with Crippen molar-refractivity contribution in [3.8, 4) is 0 Å². The van der Waals surface area contributed by atoms with Gasteiger partial charge in [0, 0.05) is 11.9 Å². The molecule has 0 aliphatic carbocycles. The molecule has 0 amide bonds. The molecule has 0 radical (unpaired) electrons. The Bertz CT molecular complexity index is 696. The van der Waals surface area contributed by atoms with E-state index < -0.39 is 9.73 Å². The second kappa shape index (κ2) is 6.53. The van der Waals surface area contributed by atoms with Gasteiger partial charge in [-0.2, -0.15) is 0 Å². The van der Waals surface area contributed by atoms with Crippen LogP contribution >= 0.6 is 0 Å². The molecule has 2 aromatic carbocycles. The summed E-state index contributed by atoms with van der Waals surface area (Å²) >= 11 is 0. The van der Waals surface area contributed by atoms with Crippen LogP contribution in [0.1, 0.15) is 12.5 Å². The van der Waals surface area contributed by atoms with E-state index >= 15 is 0 Å². The predicted molar refractivity (Wildman–Crippen MR) is 86.2 cm³/mol. The normalized spacial score (nSPS) is 14.6. The summed E-state index contributed by atoms with van der Waals surface area (Å²) in [5.41, 5.74) is 2.16. The summed E-state index contributed by atoms with van der Waals surface area (Å²) in [5, 5.41) is 0. The van der Waals surface area contributed by atoms with E-state index in [2.05, 4.69) is 4.36 Å². The van der Waals surface area contributed by atoms with Crippen LogP contribution in [0.5, 0.6) is 0 Å². The molecule has 20 heavy (non-hydrogen) atoms. The van der Waals surface area contributed by atoms with Crippen LogP contribution in [0.4, 0.5) is 0 Å². The van der Waals surface area contributed by atoms with Crippen molar-refractivity contribution < 1.29 is 4.21 Å². The van der Waals surface area contributed by atoms with Crippen molar-refractivity contribution in [1.82, 2.24) is 0 Å². The van der Waals surface area contributed by atoms with Crippen LogP contribution in [0.2, 0.25) is 0 Å². The molecule has 2 aromatic rings. The average Bonchev–Trinajstić information content (AvgIpc) is 2.54. The fraction of sp³-hybridized carbons (Fsp3) is 0.176. The molecule has 3 heteroatoms. The SMILES string of the molecule is C/C=C(/C[S@@](=O)(=NC)c1ccccc1)c1ccccc1. The van der Waals surface area contributed by atoms with E-state index in [4.69, 9.17) is 0 Å². The lowest BCUT2D eigenvalue weighted by molar-refractivity contribution is 0.678. The molecule has 0 N–H and O–H groups in total. The largest absolute Gasteiger partial charge is 0.244 e. The topological polar surface area (TPSA) is 29.4 Å². The van der Waals surface area contributed by atoms with Gasteiger partial charge in [-0.05, 0) is 30.2 Å². The third kappa shape index (κ3) is 3.17. The molecule has 0 aliphatic heterocycles. The summed E-state index contributed by atoms with van der Waals surface area (Å²) in [5.74, 6) is 0.439. The Kier molecular flexibility index (Phi) is 4.74. The van der Waals surface area contributed by atoms with Crippen LogP contribution in [-0.2, 0) is 9.73 Å². The number of allylic oxidation sites excluding steroid dienone is 1. The second-order valence-corrected chi connectivity index (χ2v) is 6.87. The van der Waals surface area contributed by atoms with Gasteiger partial charge in [0.15, 0.2) is 0 Å². The van der Waals surface area contributed by atoms with E-state index in [0.717, 1.165) is 16.0 Å². The number of benzene rings is 2. The summed E-state index contributed by atoms with van der Waals surface area (Å²) < 4.78 is 17.3.